The van der Waals surface area contributed by atoms with Crippen LogP contribution in [0.4, 0.5) is 0 Å². The van der Waals surface area contributed by atoms with Gasteiger partial charge in [0, 0.05) is 12.1 Å². The summed E-state index contributed by atoms with van der Waals surface area (Å²) in [6, 6.07) is 1.94. The summed E-state index contributed by atoms with van der Waals surface area (Å²) in [6.45, 7) is 6.99. The molecular weight excluding hydrogens is 100 g/mol. The number of nitriles is 1. The van der Waals surface area contributed by atoms with Crippen molar-refractivity contribution in [2.24, 2.45) is 0 Å². The molecule has 0 aliphatic rings. The molecule has 2 nitrogen and oxygen atoms in total. The summed E-state index contributed by atoms with van der Waals surface area (Å²) in [5.41, 5.74) is 0.590. The third kappa shape index (κ3) is 3.38. The molecule has 0 rings (SSSR count). The zero-order valence-electron chi connectivity index (χ0n) is 5.07. The second-order valence-corrected chi connectivity index (χ2v) is 1.50. The van der Waals surface area contributed by atoms with Crippen molar-refractivity contribution in [1.29, 1.82) is 5.26 Å². The molecule has 0 atom stereocenters. The predicted octanol–water partition coefficient (Wildman–Crippen LogP) is 0.676. The van der Waals surface area contributed by atoms with Gasteiger partial charge in [-0.25, -0.2) is 0 Å². The minimum Gasteiger partial charge on any atom is -0.312 e. The highest BCUT2D eigenvalue weighted by Crippen LogP contribution is 1.79. The zero-order chi connectivity index (χ0) is 6.41. The summed E-state index contributed by atoms with van der Waals surface area (Å²) >= 11 is 0. The van der Waals surface area contributed by atoms with Gasteiger partial charge in [0.1, 0.15) is 0 Å². The Morgan fingerprint density at radius 1 is 1.88 bits per heavy atom. The zero-order valence-corrected chi connectivity index (χ0v) is 5.07. The van der Waals surface area contributed by atoms with E-state index in [0.717, 1.165) is 6.54 Å². The Morgan fingerprint density at radius 2 is 2.50 bits per heavy atom. The van der Waals surface area contributed by atoms with E-state index in [2.05, 4.69) is 11.9 Å². The van der Waals surface area contributed by atoms with Crippen LogP contribution >= 0.6 is 0 Å². The number of nitrogens with one attached hydrogen (secondary N) is 1. The highest BCUT2D eigenvalue weighted by Gasteiger charge is 1.84. The van der Waals surface area contributed by atoms with Gasteiger partial charge in [-0.1, -0.05) is 13.5 Å². The van der Waals surface area contributed by atoms with E-state index in [4.69, 9.17) is 5.26 Å². The Balaban J connectivity index is 3.16. The molecule has 0 unspecified atom stereocenters. The van der Waals surface area contributed by atoms with Crippen LogP contribution in [0.25, 0.3) is 0 Å². The van der Waals surface area contributed by atoms with E-state index in [1.165, 1.54) is 0 Å². The lowest BCUT2D eigenvalue weighted by Crippen LogP contribution is -2.14. The minimum atomic E-state index is 0.590. The monoisotopic (exact) mass is 110 g/mol. The van der Waals surface area contributed by atoms with Crippen LogP contribution in [-0.4, -0.2) is 13.1 Å². The lowest BCUT2D eigenvalue weighted by molar-refractivity contribution is 0.788. The minimum absolute atomic E-state index is 0.590. The van der Waals surface area contributed by atoms with E-state index in [1.54, 1.807) is 0 Å². The Bertz CT molecular complexity index is 110. The molecule has 0 aromatic carbocycles. The summed E-state index contributed by atoms with van der Waals surface area (Å²) < 4.78 is 0. The van der Waals surface area contributed by atoms with Gasteiger partial charge in [0.2, 0.25) is 0 Å². The van der Waals surface area contributed by atoms with Crippen molar-refractivity contribution in [1.82, 2.24) is 5.32 Å². The number of hydrogen-bond acceptors (Lipinski definition) is 2. The molecule has 0 aliphatic heterocycles. The standard InChI is InChI=1S/C6H10N2/c1-3-8-5-6(2)4-7/h8H,2-3,5H2,1H3. The van der Waals surface area contributed by atoms with Crippen LogP contribution in [0.3, 0.4) is 0 Å². The molecule has 0 saturated carbocycles. The molecule has 0 amide bonds. The molecule has 0 saturated heterocycles. The van der Waals surface area contributed by atoms with Crippen molar-refractivity contribution < 1.29 is 0 Å². The fourth-order valence-corrected chi connectivity index (χ4v) is 0.315. The fourth-order valence-electron chi connectivity index (χ4n) is 0.315. The van der Waals surface area contributed by atoms with Crippen molar-refractivity contribution >= 4 is 0 Å². The third-order valence-electron chi connectivity index (χ3n) is 0.747. The number of likely N-dealkylation sites (N-methyl/N-ethyl adjacent to an activating group) is 1. The van der Waals surface area contributed by atoms with Gasteiger partial charge in [0.05, 0.1) is 6.07 Å². The second-order valence-electron chi connectivity index (χ2n) is 1.50. The normalized spacial score (nSPS) is 8.00. The molecule has 2 heteroatoms. The van der Waals surface area contributed by atoms with E-state index in [0.29, 0.717) is 12.1 Å². The summed E-state index contributed by atoms with van der Waals surface area (Å²) in [7, 11) is 0. The predicted molar refractivity (Wildman–Crippen MR) is 33.3 cm³/mol. The summed E-state index contributed by atoms with van der Waals surface area (Å²) in [4.78, 5) is 0. The van der Waals surface area contributed by atoms with E-state index in [1.807, 2.05) is 13.0 Å². The fraction of sp³-hybridized carbons (Fsp3) is 0.500. The Kier molecular flexibility index (Phi) is 3.91. The molecule has 0 aromatic heterocycles. The summed E-state index contributed by atoms with van der Waals surface area (Å²) in [5.74, 6) is 0. The molecule has 0 spiro atoms. The van der Waals surface area contributed by atoms with Crippen LogP contribution in [0, 0.1) is 11.3 Å². The summed E-state index contributed by atoms with van der Waals surface area (Å²) in [6.07, 6.45) is 0. The van der Waals surface area contributed by atoms with Gasteiger partial charge >= 0.3 is 0 Å². The number of nitrogens with zero attached hydrogens (tertiary/aromatic N) is 1. The number of rotatable bonds is 3. The molecule has 0 aliphatic carbocycles. The molecule has 0 aromatic rings. The van der Waals surface area contributed by atoms with Crippen LogP contribution in [0.15, 0.2) is 12.2 Å². The lowest BCUT2D eigenvalue weighted by Gasteiger charge is -1.93. The highest BCUT2D eigenvalue weighted by atomic mass is 14.8. The van der Waals surface area contributed by atoms with E-state index in [9.17, 15) is 0 Å². The summed E-state index contributed by atoms with van der Waals surface area (Å²) in [5, 5.41) is 11.1. The third-order valence-corrected chi connectivity index (χ3v) is 0.747. The first-order valence-corrected chi connectivity index (χ1v) is 2.59. The molecule has 0 heterocycles. The van der Waals surface area contributed by atoms with Gasteiger partial charge in [-0.3, -0.25) is 0 Å². The first-order valence-electron chi connectivity index (χ1n) is 2.59. The second kappa shape index (κ2) is 4.35. The molecule has 8 heavy (non-hydrogen) atoms. The maximum absolute atomic E-state index is 8.17. The van der Waals surface area contributed by atoms with Crippen LogP contribution in [0.2, 0.25) is 0 Å². The maximum Gasteiger partial charge on any atom is 0.0954 e. The first kappa shape index (κ1) is 7.19. The van der Waals surface area contributed by atoms with Crippen molar-refractivity contribution in [3.63, 3.8) is 0 Å². The van der Waals surface area contributed by atoms with Gasteiger partial charge in [0.15, 0.2) is 0 Å². The maximum atomic E-state index is 8.17. The van der Waals surface area contributed by atoms with Crippen LogP contribution in [-0.2, 0) is 0 Å². The van der Waals surface area contributed by atoms with Gasteiger partial charge < -0.3 is 5.32 Å². The molecular formula is C6H10N2. The number of hydrogen-bond donors (Lipinski definition) is 1. The molecule has 0 fully saturated rings. The van der Waals surface area contributed by atoms with Crippen molar-refractivity contribution in [2.75, 3.05) is 13.1 Å². The lowest BCUT2D eigenvalue weighted by atomic mass is 10.3. The molecule has 0 bridgehead atoms. The van der Waals surface area contributed by atoms with Crippen molar-refractivity contribution in [3.05, 3.63) is 12.2 Å². The van der Waals surface area contributed by atoms with Crippen LogP contribution in [0.5, 0.6) is 0 Å². The van der Waals surface area contributed by atoms with Gasteiger partial charge in [-0.15, -0.1) is 0 Å². The molecule has 1 N–H and O–H groups in total. The highest BCUT2D eigenvalue weighted by molar-refractivity contribution is 5.16. The van der Waals surface area contributed by atoms with Crippen LogP contribution < -0.4 is 5.32 Å². The smallest absolute Gasteiger partial charge is 0.0954 e. The van der Waals surface area contributed by atoms with Crippen molar-refractivity contribution in [2.45, 2.75) is 6.92 Å². The molecule has 0 radical (unpaired) electrons. The van der Waals surface area contributed by atoms with E-state index in [-0.39, 0.29) is 0 Å². The van der Waals surface area contributed by atoms with E-state index >= 15 is 0 Å². The quantitative estimate of drug-likeness (QED) is 0.542. The topological polar surface area (TPSA) is 35.8 Å². The first-order chi connectivity index (χ1) is 3.81. The molecule has 44 valence electrons. The SMILES string of the molecule is C=C(C#N)CNCC. The Labute approximate surface area is 49.8 Å². The Hall–Kier alpha value is -0.810. The average Bonchev–Trinajstić information content (AvgIpc) is 1.83. The average molecular weight is 110 g/mol. The van der Waals surface area contributed by atoms with Crippen molar-refractivity contribution in [3.8, 4) is 6.07 Å². The van der Waals surface area contributed by atoms with Gasteiger partial charge in [-0.05, 0) is 6.54 Å². The van der Waals surface area contributed by atoms with E-state index < -0.39 is 0 Å². The Morgan fingerprint density at radius 3 is 2.88 bits per heavy atom. The van der Waals surface area contributed by atoms with Crippen LogP contribution in [0.1, 0.15) is 6.92 Å². The van der Waals surface area contributed by atoms with Gasteiger partial charge in [-0.2, -0.15) is 5.26 Å². The van der Waals surface area contributed by atoms with Gasteiger partial charge in [0.25, 0.3) is 0 Å². The largest absolute Gasteiger partial charge is 0.312 e.